The van der Waals surface area contributed by atoms with Crippen LogP contribution in [0.25, 0.3) is 0 Å². The largest absolute Gasteiger partial charge is 0.379 e. The summed E-state index contributed by atoms with van der Waals surface area (Å²) in [7, 11) is 0. The number of rotatable bonds is 2. The molecule has 0 saturated carbocycles. The predicted molar refractivity (Wildman–Crippen MR) is 96.4 cm³/mol. The van der Waals surface area contributed by atoms with Gasteiger partial charge >= 0.3 is 0 Å². The van der Waals surface area contributed by atoms with Crippen LogP contribution in [-0.2, 0) is 9.47 Å². The Kier molecular flexibility index (Phi) is 5.40. The number of nitrogens with zero attached hydrogens (tertiary/aromatic N) is 4. The Morgan fingerprint density at radius 1 is 1.19 bits per heavy atom. The van der Waals surface area contributed by atoms with Crippen molar-refractivity contribution in [1.29, 1.82) is 0 Å². The van der Waals surface area contributed by atoms with Crippen molar-refractivity contribution in [2.45, 2.75) is 44.4 Å². The molecule has 3 aliphatic rings. The summed E-state index contributed by atoms with van der Waals surface area (Å²) in [6, 6.07) is 0.955. The lowest BCUT2D eigenvalue weighted by Gasteiger charge is -2.49. The van der Waals surface area contributed by atoms with Crippen LogP contribution < -0.4 is 0 Å². The van der Waals surface area contributed by atoms with Gasteiger partial charge in [-0.1, -0.05) is 11.6 Å². The minimum atomic E-state index is -0.0452. The number of likely N-dealkylation sites (tertiary alicyclic amines) is 1. The van der Waals surface area contributed by atoms with Gasteiger partial charge in [-0.15, -0.1) is 0 Å². The van der Waals surface area contributed by atoms with Gasteiger partial charge in [0.1, 0.15) is 17.2 Å². The van der Waals surface area contributed by atoms with E-state index in [0.717, 1.165) is 52.1 Å². The zero-order chi connectivity index (χ0) is 18.1. The second-order valence-electron chi connectivity index (χ2n) is 7.24. The fourth-order valence-corrected chi connectivity index (χ4v) is 4.50. The molecule has 1 amide bonds. The summed E-state index contributed by atoms with van der Waals surface area (Å²) in [5.41, 5.74) is 1.07. The lowest BCUT2D eigenvalue weighted by molar-refractivity contribution is -0.148. The molecule has 1 aromatic heterocycles. The highest BCUT2D eigenvalue weighted by Crippen LogP contribution is 2.28. The van der Waals surface area contributed by atoms with Crippen molar-refractivity contribution in [2.24, 2.45) is 0 Å². The Bertz CT molecular complexity index is 664. The third-order valence-corrected chi connectivity index (χ3v) is 6.20. The SMILES string of the molecule is Cc1c(Cl)ncnc1C(=O)N1CCC(N2CCO[C@H]3COCC[C@H]32)CC1. The average molecular weight is 381 g/mol. The van der Waals surface area contributed by atoms with E-state index >= 15 is 0 Å². The second-order valence-corrected chi connectivity index (χ2v) is 7.60. The van der Waals surface area contributed by atoms with E-state index in [2.05, 4.69) is 14.9 Å². The number of ether oxygens (including phenoxy) is 2. The van der Waals surface area contributed by atoms with Gasteiger partial charge in [-0.05, 0) is 26.2 Å². The first-order valence-corrected chi connectivity index (χ1v) is 9.74. The van der Waals surface area contributed by atoms with E-state index < -0.39 is 0 Å². The molecule has 26 heavy (non-hydrogen) atoms. The van der Waals surface area contributed by atoms with E-state index in [1.54, 1.807) is 6.92 Å². The van der Waals surface area contributed by atoms with Crippen molar-refractivity contribution in [3.63, 3.8) is 0 Å². The lowest BCUT2D eigenvalue weighted by Crippen LogP contribution is -2.60. The molecule has 0 unspecified atom stereocenters. The summed E-state index contributed by atoms with van der Waals surface area (Å²) in [5, 5.41) is 0.345. The fourth-order valence-electron chi connectivity index (χ4n) is 4.36. The summed E-state index contributed by atoms with van der Waals surface area (Å²) in [6.07, 6.45) is 4.54. The van der Waals surface area contributed by atoms with Crippen LogP contribution in [0.15, 0.2) is 6.33 Å². The Hall–Kier alpha value is -1.28. The molecular weight excluding hydrogens is 356 g/mol. The van der Waals surface area contributed by atoms with E-state index in [1.807, 2.05) is 4.90 Å². The molecule has 7 nitrogen and oxygen atoms in total. The average Bonchev–Trinajstić information content (AvgIpc) is 2.69. The van der Waals surface area contributed by atoms with Gasteiger partial charge in [0, 0.05) is 43.9 Å². The smallest absolute Gasteiger partial charge is 0.272 e. The molecule has 2 atom stereocenters. The summed E-state index contributed by atoms with van der Waals surface area (Å²) in [4.78, 5) is 25.4. The molecule has 0 N–H and O–H groups in total. The van der Waals surface area contributed by atoms with Crippen molar-refractivity contribution in [2.75, 3.05) is 39.5 Å². The maximum Gasteiger partial charge on any atom is 0.272 e. The van der Waals surface area contributed by atoms with Crippen LogP contribution in [0.1, 0.15) is 35.3 Å². The highest BCUT2D eigenvalue weighted by molar-refractivity contribution is 6.30. The molecule has 3 aliphatic heterocycles. The maximum atomic E-state index is 12.8. The monoisotopic (exact) mass is 380 g/mol. The number of halogens is 1. The summed E-state index contributed by atoms with van der Waals surface area (Å²) in [6.45, 7) is 6.54. The third kappa shape index (κ3) is 3.45. The first-order chi connectivity index (χ1) is 12.6. The number of aromatic nitrogens is 2. The molecule has 8 heteroatoms. The van der Waals surface area contributed by atoms with E-state index in [9.17, 15) is 4.79 Å². The van der Waals surface area contributed by atoms with Crippen LogP contribution in [-0.4, -0.2) is 83.3 Å². The van der Waals surface area contributed by atoms with E-state index in [1.165, 1.54) is 6.33 Å². The van der Waals surface area contributed by atoms with E-state index in [4.69, 9.17) is 21.1 Å². The first kappa shape index (κ1) is 18.1. The minimum absolute atomic E-state index is 0.0452. The van der Waals surface area contributed by atoms with Crippen molar-refractivity contribution in [3.8, 4) is 0 Å². The Balaban J connectivity index is 1.39. The zero-order valence-electron chi connectivity index (χ0n) is 15.1. The molecule has 1 aromatic rings. The maximum absolute atomic E-state index is 12.8. The molecular formula is C18H25ClN4O3. The Labute approximate surface area is 158 Å². The normalized spacial score (nSPS) is 28.0. The van der Waals surface area contributed by atoms with Crippen molar-refractivity contribution >= 4 is 17.5 Å². The van der Waals surface area contributed by atoms with Crippen LogP contribution in [0, 0.1) is 6.92 Å². The van der Waals surface area contributed by atoms with Crippen LogP contribution in [0.4, 0.5) is 0 Å². The molecule has 142 valence electrons. The Morgan fingerprint density at radius 3 is 2.81 bits per heavy atom. The molecule has 0 radical (unpaired) electrons. The molecule has 0 aliphatic carbocycles. The van der Waals surface area contributed by atoms with Crippen LogP contribution in [0.3, 0.4) is 0 Å². The van der Waals surface area contributed by atoms with Gasteiger partial charge in [0.25, 0.3) is 5.91 Å². The number of carbonyl (C=O) groups is 1. The van der Waals surface area contributed by atoms with E-state index in [-0.39, 0.29) is 12.0 Å². The molecule has 4 rings (SSSR count). The fraction of sp³-hybridized carbons (Fsp3) is 0.722. The third-order valence-electron chi connectivity index (χ3n) is 5.82. The van der Waals surface area contributed by atoms with Gasteiger partial charge in [0.05, 0.1) is 19.3 Å². The Morgan fingerprint density at radius 2 is 2.00 bits per heavy atom. The van der Waals surface area contributed by atoms with Gasteiger partial charge in [0.15, 0.2) is 0 Å². The number of fused-ring (bicyclic) bond motifs is 1. The van der Waals surface area contributed by atoms with Crippen molar-refractivity contribution in [3.05, 3.63) is 22.7 Å². The van der Waals surface area contributed by atoms with Crippen LogP contribution in [0.5, 0.6) is 0 Å². The van der Waals surface area contributed by atoms with Gasteiger partial charge in [-0.3, -0.25) is 9.69 Å². The van der Waals surface area contributed by atoms with Gasteiger partial charge < -0.3 is 14.4 Å². The number of hydrogen-bond donors (Lipinski definition) is 0. The quantitative estimate of drug-likeness (QED) is 0.725. The highest BCUT2D eigenvalue weighted by Gasteiger charge is 2.39. The number of amides is 1. The zero-order valence-corrected chi connectivity index (χ0v) is 15.8. The number of piperidine rings is 1. The standard InChI is InChI=1S/C18H25ClN4O3/c1-12-16(20-11-21-17(12)19)18(24)22-5-2-13(3-6-22)23-7-9-26-15-10-25-8-4-14(15)23/h11,13-15H,2-10H2,1H3/t14-,15+/m1/s1. The van der Waals surface area contributed by atoms with Crippen molar-refractivity contribution < 1.29 is 14.3 Å². The molecule has 0 bridgehead atoms. The summed E-state index contributed by atoms with van der Waals surface area (Å²) in [5.74, 6) is -0.0452. The molecule has 0 aromatic carbocycles. The summed E-state index contributed by atoms with van der Waals surface area (Å²) >= 11 is 6.04. The minimum Gasteiger partial charge on any atom is -0.379 e. The first-order valence-electron chi connectivity index (χ1n) is 9.36. The summed E-state index contributed by atoms with van der Waals surface area (Å²) < 4.78 is 11.5. The number of hydrogen-bond acceptors (Lipinski definition) is 6. The van der Waals surface area contributed by atoms with Crippen molar-refractivity contribution in [1.82, 2.24) is 19.8 Å². The molecule has 3 saturated heterocycles. The van der Waals surface area contributed by atoms with Gasteiger partial charge in [-0.25, -0.2) is 9.97 Å². The second kappa shape index (κ2) is 7.76. The van der Waals surface area contributed by atoms with E-state index in [0.29, 0.717) is 35.1 Å². The highest BCUT2D eigenvalue weighted by atomic mass is 35.5. The molecule has 3 fully saturated rings. The number of carbonyl (C=O) groups excluding carboxylic acids is 1. The van der Waals surface area contributed by atoms with Crippen LogP contribution in [0.2, 0.25) is 5.15 Å². The molecule has 4 heterocycles. The number of morpholine rings is 1. The van der Waals surface area contributed by atoms with Gasteiger partial charge in [0.2, 0.25) is 0 Å². The lowest BCUT2D eigenvalue weighted by atomic mass is 9.95. The molecule has 0 spiro atoms. The topological polar surface area (TPSA) is 67.8 Å². The van der Waals surface area contributed by atoms with Crippen LogP contribution >= 0.6 is 11.6 Å². The predicted octanol–water partition coefficient (Wildman–Crippen LogP) is 1.53. The van der Waals surface area contributed by atoms with Gasteiger partial charge in [-0.2, -0.15) is 0 Å².